The summed E-state index contributed by atoms with van der Waals surface area (Å²) in [4.78, 5) is 20.6. The number of carbonyl (C=O) groups excluding carboxylic acids is 1. The normalized spacial score (nSPS) is 15.4. The number of hydrogen-bond donors (Lipinski definition) is 0. The van der Waals surface area contributed by atoms with E-state index in [-0.39, 0.29) is 11.7 Å². The Bertz CT molecular complexity index is 759. The standard InChI is InChI=1S/C18H22ClFN4O2/c1-13-21-17(26-22-13)3-2-4-18(25)24-9-7-23(8-10-24)12-14-5-6-15(20)11-16(14)19/h5-6,11H,2-4,7-10,12H2,1H3. The Kier molecular flexibility index (Phi) is 6.21. The molecule has 0 saturated carbocycles. The monoisotopic (exact) mass is 380 g/mol. The van der Waals surface area contributed by atoms with Crippen LogP contribution in [0.2, 0.25) is 5.02 Å². The first-order chi connectivity index (χ1) is 12.5. The number of aromatic nitrogens is 2. The van der Waals surface area contributed by atoms with Gasteiger partial charge >= 0.3 is 0 Å². The third kappa shape index (κ3) is 5.02. The summed E-state index contributed by atoms with van der Waals surface area (Å²) in [5, 5.41) is 4.18. The number of rotatable bonds is 6. The van der Waals surface area contributed by atoms with Crippen LogP contribution in [-0.4, -0.2) is 52.0 Å². The fourth-order valence-electron chi connectivity index (χ4n) is 3.04. The average Bonchev–Trinajstić information content (AvgIpc) is 3.03. The minimum atomic E-state index is -0.329. The third-order valence-corrected chi connectivity index (χ3v) is 4.84. The van der Waals surface area contributed by atoms with Crippen molar-refractivity contribution >= 4 is 17.5 Å². The van der Waals surface area contributed by atoms with Crippen LogP contribution in [0.1, 0.15) is 30.1 Å². The van der Waals surface area contributed by atoms with Crippen molar-refractivity contribution < 1.29 is 13.7 Å². The molecule has 0 N–H and O–H groups in total. The lowest BCUT2D eigenvalue weighted by molar-refractivity contribution is -0.133. The molecule has 3 rings (SSSR count). The van der Waals surface area contributed by atoms with Gasteiger partial charge in [-0.1, -0.05) is 22.8 Å². The fourth-order valence-corrected chi connectivity index (χ4v) is 3.26. The van der Waals surface area contributed by atoms with Gasteiger partial charge in [-0.25, -0.2) is 4.39 Å². The first-order valence-electron chi connectivity index (χ1n) is 8.74. The molecule has 0 atom stereocenters. The van der Waals surface area contributed by atoms with Crippen molar-refractivity contribution in [1.82, 2.24) is 19.9 Å². The van der Waals surface area contributed by atoms with Gasteiger partial charge in [0.1, 0.15) is 5.82 Å². The molecule has 1 saturated heterocycles. The summed E-state index contributed by atoms with van der Waals surface area (Å²) < 4.78 is 18.2. The second kappa shape index (κ2) is 8.60. The van der Waals surface area contributed by atoms with E-state index in [2.05, 4.69) is 15.0 Å². The quantitative estimate of drug-likeness (QED) is 0.771. The number of amides is 1. The molecular formula is C18H22ClFN4O2. The molecule has 1 fully saturated rings. The Labute approximate surface area is 156 Å². The molecule has 1 aromatic carbocycles. The molecule has 8 heteroatoms. The van der Waals surface area contributed by atoms with Gasteiger partial charge in [-0.2, -0.15) is 4.98 Å². The molecule has 1 aromatic heterocycles. The molecule has 0 spiro atoms. The molecule has 1 amide bonds. The molecule has 0 radical (unpaired) electrons. The summed E-state index contributed by atoms with van der Waals surface area (Å²) in [6.45, 7) is 5.38. The van der Waals surface area contributed by atoms with Gasteiger partial charge in [0.25, 0.3) is 0 Å². The van der Waals surface area contributed by atoms with Gasteiger partial charge in [-0.05, 0) is 31.0 Å². The Morgan fingerprint density at radius 3 is 2.73 bits per heavy atom. The van der Waals surface area contributed by atoms with Crippen LogP contribution in [0.25, 0.3) is 0 Å². The predicted molar refractivity (Wildman–Crippen MR) is 95.2 cm³/mol. The highest BCUT2D eigenvalue weighted by Gasteiger charge is 2.21. The van der Waals surface area contributed by atoms with Crippen molar-refractivity contribution in [1.29, 1.82) is 0 Å². The van der Waals surface area contributed by atoms with Crippen molar-refractivity contribution in [2.75, 3.05) is 26.2 Å². The van der Waals surface area contributed by atoms with Crippen molar-refractivity contribution in [2.45, 2.75) is 32.7 Å². The summed E-state index contributed by atoms with van der Waals surface area (Å²) in [5.41, 5.74) is 0.905. The first-order valence-corrected chi connectivity index (χ1v) is 9.12. The first kappa shape index (κ1) is 18.8. The molecule has 1 aliphatic rings. The number of halogens is 2. The van der Waals surface area contributed by atoms with Crippen LogP contribution in [0, 0.1) is 12.7 Å². The Balaban J connectivity index is 1.40. The largest absolute Gasteiger partial charge is 0.340 e. The van der Waals surface area contributed by atoms with E-state index < -0.39 is 0 Å². The van der Waals surface area contributed by atoms with Crippen LogP contribution in [0.4, 0.5) is 4.39 Å². The number of piperazine rings is 1. The Morgan fingerprint density at radius 1 is 1.31 bits per heavy atom. The van der Waals surface area contributed by atoms with Gasteiger partial charge in [-0.3, -0.25) is 9.69 Å². The molecule has 26 heavy (non-hydrogen) atoms. The van der Waals surface area contributed by atoms with E-state index in [1.54, 1.807) is 13.0 Å². The fraction of sp³-hybridized carbons (Fsp3) is 0.500. The van der Waals surface area contributed by atoms with Gasteiger partial charge in [-0.15, -0.1) is 0 Å². The topological polar surface area (TPSA) is 62.5 Å². The molecule has 0 aliphatic carbocycles. The van der Waals surface area contributed by atoms with E-state index >= 15 is 0 Å². The summed E-state index contributed by atoms with van der Waals surface area (Å²) in [6.07, 6.45) is 1.80. The zero-order valence-electron chi connectivity index (χ0n) is 14.8. The van der Waals surface area contributed by atoms with Crippen molar-refractivity contribution in [3.8, 4) is 0 Å². The smallest absolute Gasteiger partial charge is 0.226 e. The zero-order valence-corrected chi connectivity index (χ0v) is 15.5. The van der Waals surface area contributed by atoms with E-state index in [0.717, 1.165) is 18.7 Å². The van der Waals surface area contributed by atoms with Crippen LogP contribution in [-0.2, 0) is 17.8 Å². The van der Waals surface area contributed by atoms with E-state index in [4.69, 9.17) is 16.1 Å². The maximum Gasteiger partial charge on any atom is 0.226 e. The highest BCUT2D eigenvalue weighted by molar-refractivity contribution is 6.31. The van der Waals surface area contributed by atoms with E-state index in [0.29, 0.717) is 55.6 Å². The predicted octanol–water partition coefficient (Wildman–Crippen LogP) is 2.84. The molecule has 2 heterocycles. The van der Waals surface area contributed by atoms with Crippen molar-refractivity contribution in [3.63, 3.8) is 0 Å². The number of carbonyl (C=O) groups is 1. The van der Waals surface area contributed by atoms with Gasteiger partial charge in [0.15, 0.2) is 5.82 Å². The van der Waals surface area contributed by atoms with Gasteiger partial charge < -0.3 is 9.42 Å². The molecule has 1 aliphatic heterocycles. The highest BCUT2D eigenvalue weighted by Crippen LogP contribution is 2.20. The number of hydrogen-bond acceptors (Lipinski definition) is 5. The maximum atomic E-state index is 13.1. The van der Waals surface area contributed by atoms with E-state index in [1.807, 2.05) is 4.90 Å². The van der Waals surface area contributed by atoms with Crippen LogP contribution in [0.3, 0.4) is 0 Å². The minimum Gasteiger partial charge on any atom is -0.340 e. The molecule has 2 aromatic rings. The second-order valence-electron chi connectivity index (χ2n) is 6.48. The SMILES string of the molecule is Cc1noc(CCCC(=O)N2CCN(Cc3ccc(F)cc3Cl)CC2)n1. The van der Waals surface area contributed by atoms with Crippen molar-refractivity contribution in [2.24, 2.45) is 0 Å². The maximum absolute atomic E-state index is 13.1. The lowest BCUT2D eigenvalue weighted by atomic mass is 10.1. The summed E-state index contributed by atoms with van der Waals surface area (Å²) >= 11 is 6.09. The molecule has 0 bridgehead atoms. The van der Waals surface area contributed by atoms with Gasteiger partial charge in [0.2, 0.25) is 11.8 Å². The molecular weight excluding hydrogens is 359 g/mol. The summed E-state index contributed by atoms with van der Waals surface area (Å²) in [6, 6.07) is 4.47. The lowest BCUT2D eigenvalue weighted by Gasteiger charge is -2.35. The molecule has 6 nitrogen and oxygen atoms in total. The number of benzene rings is 1. The van der Waals surface area contributed by atoms with E-state index in [1.165, 1.54) is 12.1 Å². The number of aryl methyl sites for hydroxylation is 2. The van der Waals surface area contributed by atoms with E-state index in [9.17, 15) is 9.18 Å². The van der Waals surface area contributed by atoms with Crippen LogP contribution < -0.4 is 0 Å². The molecule has 140 valence electrons. The summed E-state index contributed by atoms with van der Waals surface area (Å²) in [7, 11) is 0. The molecule has 0 unspecified atom stereocenters. The minimum absolute atomic E-state index is 0.153. The number of nitrogens with zero attached hydrogens (tertiary/aromatic N) is 4. The summed E-state index contributed by atoms with van der Waals surface area (Å²) in [5.74, 6) is 1.02. The highest BCUT2D eigenvalue weighted by atomic mass is 35.5. The third-order valence-electron chi connectivity index (χ3n) is 4.48. The Morgan fingerprint density at radius 2 is 2.08 bits per heavy atom. The second-order valence-corrected chi connectivity index (χ2v) is 6.89. The zero-order chi connectivity index (χ0) is 18.5. The van der Waals surface area contributed by atoms with Gasteiger partial charge in [0, 0.05) is 50.6 Å². The van der Waals surface area contributed by atoms with Crippen LogP contribution in [0.15, 0.2) is 22.7 Å². The Hall–Kier alpha value is -1.99. The van der Waals surface area contributed by atoms with Crippen LogP contribution >= 0.6 is 11.6 Å². The van der Waals surface area contributed by atoms with Gasteiger partial charge in [0.05, 0.1) is 0 Å². The van der Waals surface area contributed by atoms with Crippen molar-refractivity contribution in [3.05, 3.63) is 46.3 Å². The van der Waals surface area contributed by atoms with Crippen LogP contribution in [0.5, 0.6) is 0 Å². The lowest BCUT2D eigenvalue weighted by Crippen LogP contribution is -2.48. The average molecular weight is 381 g/mol.